The van der Waals surface area contributed by atoms with Crippen molar-refractivity contribution in [3.05, 3.63) is 0 Å². The van der Waals surface area contributed by atoms with Crippen molar-refractivity contribution in [2.75, 3.05) is 39.8 Å². The van der Waals surface area contributed by atoms with E-state index < -0.39 is 11.6 Å². The first kappa shape index (κ1) is 15.9. The molecule has 1 aliphatic heterocycles. The molecule has 0 atom stereocenters. The molecule has 0 bridgehead atoms. The zero-order valence-electron chi connectivity index (χ0n) is 12.0. The number of hydrogen-bond donors (Lipinski definition) is 1. The lowest BCUT2D eigenvalue weighted by Crippen LogP contribution is -2.50. The van der Waals surface area contributed by atoms with Gasteiger partial charge in [0.25, 0.3) is 0 Å². The van der Waals surface area contributed by atoms with Crippen molar-refractivity contribution in [3.8, 4) is 0 Å². The normalized spacial score (nSPS) is 17.5. The number of carboxylic acid groups (broad SMARTS) is 1. The number of rotatable bonds is 6. The molecule has 110 valence electrons. The van der Waals surface area contributed by atoms with E-state index in [1.165, 1.54) is 0 Å². The van der Waals surface area contributed by atoms with Gasteiger partial charge in [-0.2, -0.15) is 0 Å². The van der Waals surface area contributed by atoms with Crippen molar-refractivity contribution in [3.63, 3.8) is 0 Å². The molecular formula is C13H24N2O4. The van der Waals surface area contributed by atoms with Crippen molar-refractivity contribution in [2.24, 2.45) is 0 Å². The van der Waals surface area contributed by atoms with Crippen LogP contribution >= 0.6 is 0 Å². The summed E-state index contributed by atoms with van der Waals surface area (Å²) in [7, 11) is 1.61. The van der Waals surface area contributed by atoms with E-state index in [0.29, 0.717) is 26.1 Å². The highest BCUT2D eigenvalue weighted by atomic mass is 16.5. The number of ether oxygens (including phenoxy) is 1. The third-order valence-corrected chi connectivity index (χ3v) is 3.50. The first-order valence-electron chi connectivity index (χ1n) is 6.61. The Morgan fingerprint density at radius 1 is 1.21 bits per heavy atom. The van der Waals surface area contributed by atoms with Gasteiger partial charge in [0, 0.05) is 39.8 Å². The summed E-state index contributed by atoms with van der Waals surface area (Å²) in [6, 6.07) is 0. The second kappa shape index (κ2) is 6.86. The van der Waals surface area contributed by atoms with Gasteiger partial charge in [-0.15, -0.1) is 0 Å². The minimum Gasteiger partial charge on any atom is -0.481 e. The molecule has 1 rings (SSSR count). The lowest BCUT2D eigenvalue weighted by molar-refractivity contribution is -0.140. The molecule has 6 heteroatoms. The van der Waals surface area contributed by atoms with Crippen molar-refractivity contribution in [1.29, 1.82) is 0 Å². The third-order valence-electron chi connectivity index (χ3n) is 3.50. The van der Waals surface area contributed by atoms with Crippen LogP contribution in [0.15, 0.2) is 0 Å². The highest BCUT2D eigenvalue weighted by molar-refractivity contribution is 5.77. The monoisotopic (exact) mass is 272 g/mol. The van der Waals surface area contributed by atoms with Gasteiger partial charge in [0.1, 0.15) is 0 Å². The Balaban J connectivity index is 2.33. The lowest BCUT2D eigenvalue weighted by atomic mass is 10.0. The molecule has 1 fully saturated rings. The average Bonchev–Trinajstić information content (AvgIpc) is 2.36. The van der Waals surface area contributed by atoms with E-state index in [-0.39, 0.29) is 12.3 Å². The molecule has 1 heterocycles. The van der Waals surface area contributed by atoms with Gasteiger partial charge < -0.3 is 14.7 Å². The molecule has 0 radical (unpaired) electrons. The van der Waals surface area contributed by atoms with Gasteiger partial charge in [0.05, 0.1) is 18.4 Å². The molecule has 19 heavy (non-hydrogen) atoms. The van der Waals surface area contributed by atoms with E-state index in [1.54, 1.807) is 7.11 Å². The molecule has 0 aromatic rings. The van der Waals surface area contributed by atoms with Crippen LogP contribution in [0.1, 0.15) is 26.7 Å². The molecule has 0 unspecified atom stereocenters. The minimum absolute atomic E-state index is 0.102. The summed E-state index contributed by atoms with van der Waals surface area (Å²) in [5.41, 5.74) is -0.433. The zero-order valence-corrected chi connectivity index (χ0v) is 12.0. The van der Waals surface area contributed by atoms with Crippen LogP contribution in [0.25, 0.3) is 0 Å². The Bertz CT molecular complexity index is 323. The van der Waals surface area contributed by atoms with Crippen molar-refractivity contribution < 1.29 is 19.4 Å². The van der Waals surface area contributed by atoms with Gasteiger partial charge in [-0.05, 0) is 13.8 Å². The molecular weight excluding hydrogens is 248 g/mol. The Labute approximate surface area is 114 Å². The Morgan fingerprint density at radius 3 is 2.26 bits per heavy atom. The molecule has 6 nitrogen and oxygen atoms in total. The first-order chi connectivity index (χ1) is 8.84. The number of carboxylic acids is 1. The van der Waals surface area contributed by atoms with E-state index in [4.69, 9.17) is 9.84 Å². The number of carbonyl (C=O) groups is 2. The fraction of sp³-hybridized carbons (Fsp3) is 0.846. The van der Waals surface area contributed by atoms with E-state index >= 15 is 0 Å². The summed E-state index contributed by atoms with van der Waals surface area (Å²) in [4.78, 5) is 26.5. The molecule has 1 saturated heterocycles. The van der Waals surface area contributed by atoms with E-state index in [2.05, 4.69) is 4.90 Å². The molecule has 0 saturated carbocycles. The van der Waals surface area contributed by atoms with Crippen LogP contribution in [0.2, 0.25) is 0 Å². The summed E-state index contributed by atoms with van der Waals surface area (Å²) in [5, 5.41) is 8.63. The summed E-state index contributed by atoms with van der Waals surface area (Å²) in [6.07, 6.45) is 0.531. The van der Waals surface area contributed by atoms with Crippen molar-refractivity contribution in [2.45, 2.75) is 32.3 Å². The summed E-state index contributed by atoms with van der Waals surface area (Å²) in [5.74, 6) is -0.676. The molecule has 1 amide bonds. The molecule has 0 spiro atoms. The van der Waals surface area contributed by atoms with Crippen LogP contribution < -0.4 is 0 Å². The number of nitrogens with zero attached hydrogens (tertiary/aromatic N) is 2. The Hall–Kier alpha value is -1.14. The molecule has 0 aromatic carbocycles. The standard InChI is InChI=1S/C13H24N2O4/c1-13(2,19-3)10-11(16)15-8-6-14(7-9-15)5-4-12(17)18/h4-10H2,1-3H3,(H,17,18). The SMILES string of the molecule is COC(C)(C)CC(=O)N1CCN(CCC(=O)O)CC1. The fourth-order valence-electron chi connectivity index (χ4n) is 2.02. The smallest absolute Gasteiger partial charge is 0.304 e. The number of carbonyl (C=O) groups excluding carboxylic acids is 1. The van der Waals surface area contributed by atoms with Crippen LogP contribution in [0.5, 0.6) is 0 Å². The molecule has 1 N–H and O–H groups in total. The largest absolute Gasteiger partial charge is 0.481 e. The second-order valence-corrected chi connectivity index (χ2v) is 5.51. The maximum atomic E-state index is 12.1. The van der Waals surface area contributed by atoms with Gasteiger partial charge in [0.2, 0.25) is 5.91 Å². The minimum atomic E-state index is -0.777. The van der Waals surface area contributed by atoms with Gasteiger partial charge in [-0.25, -0.2) is 0 Å². The highest BCUT2D eigenvalue weighted by Gasteiger charge is 2.27. The van der Waals surface area contributed by atoms with Crippen LogP contribution in [-0.4, -0.2) is 72.2 Å². The highest BCUT2D eigenvalue weighted by Crippen LogP contribution is 2.15. The zero-order chi connectivity index (χ0) is 14.5. The summed E-state index contributed by atoms with van der Waals surface area (Å²) in [6.45, 7) is 7.16. The fourth-order valence-corrected chi connectivity index (χ4v) is 2.02. The topological polar surface area (TPSA) is 70.1 Å². The Morgan fingerprint density at radius 2 is 1.79 bits per heavy atom. The summed E-state index contributed by atoms with van der Waals surface area (Å²) < 4.78 is 5.26. The van der Waals surface area contributed by atoms with Crippen LogP contribution in [-0.2, 0) is 14.3 Å². The lowest BCUT2D eigenvalue weighted by Gasteiger charge is -2.36. The van der Waals surface area contributed by atoms with Gasteiger partial charge in [-0.1, -0.05) is 0 Å². The van der Waals surface area contributed by atoms with E-state index in [1.807, 2.05) is 18.7 Å². The van der Waals surface area contributed by atoms with Crippen molar-refractivity contribution >= 4 is 11.9 Å². The summed E-state index contributed by atoms with van der Waals surface area (Å²) >= 11 is 0. The van der Waals surface area contributed by atoms with Gasteiger partial charge in [0.15, 0.2) is 0 Å². The number of amides is 1. The number of aliphatic carboxylic acids is 1. The maximum Gasteiger partial charge on any atom is 0.304 e. The van der Waals surface area contributed by atoms with Gasteiger partial charge >= 0.3 is 5.97 Å². The van der Waals surface area contributed by atoms with E-state index in [9.17, 15) is 9.59 Å². The first-order valence-corrected chi connectivity index (χ1v) is 6.61. The predicted molar refractivity (Wildman–Crippen MR) is 71.0 cm³/mol. The Kier molecular flexibility index (Phi) is 5.75. The van der Waals surface area contributed by atoms with Crippen LogP contribution in [0.3, 0.4) is 0 Å². The van der Waals surface area contributed by atoms with Crippen LogP contribution in [0, 0.1) is 0 Å². The number of piperazine rings is 1. The quantitative estimate of drug-likeness (QED) is 0.759. The number of methoxy groups -OCH3 is 1. The van der Waals surface area contributed by atoms with Gasteiger partial charge in [-0.3, -0.25) is 14.5 Å². The molecule has 0 aliphatic carbocycles. The van der Waals surface area contributed by atoms with Crippen molar-refractivity contribution in [1.82, 2.24) is 9.80 Å². The molecule has 1 aliphatic rings. The average molecular weight is 272 g/mol. The van der Waals surface area contributed by atoms with Crippen LogP contribution in [0.4, 0.5) is 0 Å². The molecule has 0 aromatic heterocycles. The second-order valence-electron chi connectivity index (χ2n) is 5.51. The predicted octanol–water partition coefficient (Wildman–Crippen LogP) is 0.420. The number of hydrogen-bond acceptors (Lipinski definition) is 4. The maximum absolute atomic E-state index is 12.1. The third kappa shape index (κ3) is 5.57. The van der Waals surface area contributed by atoms with E-state index in [0.717, 1.165) is 13.1 Å².